The Labute approximate surface area is 224 Å². The number of thiophene rings is 1. The highest BCUT2D eigenvalue weighted by atomic mass is 32.1. The van der Waals surface area contributed by atoms with Crippen molar-refractivity contribution in [2.24, 2.45) is 12.5 Å². The molecule has 3 aromatic heterocycles. The van der Waals surface area contributed by atoms with E-state index in [1.54, 1.807) is 54.0 Å². The lowest BCUT2D eigenvalue weighted by Crippen LogP contribution is -2.37. The first kappa shape index (κ1) is 24.5. The molecule has 0 saturated carbocycles. The second-order valence-electron chi connectivity index (χ2n) is 10.8. The Hall–Kier alpha value is -3.82. The van der Waals surface area contributed by atoms with Gasteiger partial charge in [-0.05, 0) is 59.6 Å². The lowest BCUT2D eigenvalue weighted by atomic mass is 9.89. The standard InChI is InChI=1S/C29H29N5O3S/c1-29(2)13-20-19-8-11-34(27(37)25(19)38-24(20)14-29)23-7-4-6-18(21(23)16-35)17-12-22(26(36)33(3)15-17)32-28-30-9-5-10-31-28/h4-7,9-10,12,15,35H,8,11,13-14,16H2,1-3H3,(H,30,31,32). The molecule has 6 rings (SSSR count). The normalized spacial score (nSPS) is 15.9. The summed E-state index contributed by atoms with van der Waals surface area (Å²) in [6.45, 7) is 4.90. The molecule has 2 N–H and O–H groups in total. The van der Waals surface area contributed by atoms with Gasteiger partial charge in [0, 0.05) is 48.2 Å². The molecule has 194 valence electrons. The number of amides is 1. The van der Waals surface area contributed by atoms with Crippen LogP contribution in [0.5, 0.6) is 0 Å². The predicted octanol–water partition coefficient (Wildman–Crippen LogP) is 4.47. The topological polar surface area (TPSA) is 100 Å². The Morgan fingerprint density at radius 2 is 1.89 bits per heavy atom. The van der Waals surface area contributed by atoms with Crippen molar-refractivity contribution in [3.8, 4) is 11.1 Å². The van der Waals surface area contributed by atoms with Crippen molar-refractivity contribution < 1.29 is 9.90 Å². The summed E-state index contributed by atoms with van der Waals surface area (Å²) in [5, 5.41) is 13.5. The molecular weight excluding hydrogens is 498 g/mol. The van der Waals surface area contributed by atoms with Gasteiger partial charge >= 0.3 is 0 Å². The Morgan fingerprint density at radius 3 is 2.66 bits per heavy atom. The van der Waals surface area contributed by atoms with E-state index >= 15 is 0 Å². The minimum Gasteiger partial charge on any atom is -0.392 e. The number of anilines is 3. The molecular formula is C29H29N5O3S. The molecule has 2 aliphatic rings. The van der Waals surface area contributed by atoms with E-state index in [1.165, 1.54) is 20.6 Å². The number of aliphatic hydroxyl groups excluding tert-OH is 1. The highest BCUT2D eigenvalue weighted by Gasteiger charge is 2.38. The Bertz CT molecular complexity index is 1620. The molecule has 0 saturated heterocycles. The molecule has 4 heterocycles. The Morgan fingerprint density at radius 1 is 1.11 bits per heavy atom. The van der Waals surface area contributed by atoms with Gasteiger partial charge in [0.05, 0.1) is 17.2 Å². The number of hydrogen-bond donors (Lipinski definition) is 2. The van der Waals surface area contributed by atoms with Crippen molar-refractivity contribution in [1.29, 1.82) is 0 Å². The van der Waals surface area contributed by atoms with Gasteiger partial charge in [0.15, 0.2) is 0 Å². The fraction of sp³-hybridized carbons (Fsp3) is 0.310. The zero-order valence-corrected chi connectivity index (χ0v) is 22.4. The number of aliphatic hydroxyl groups is 1. The van der Waals surface area contributed by atoms with Gasteiger partial charge in [-0.2, -0.15) is 0 Å². The monoisotopic (exact) mass is 527 g/mol. The van der Waals surface area contributed by atoms with Crippen LogP contribution < -0.4 is 15.8 Å². The van der Waals surface area contributed by atoms with Gasteiger partial charge in [0.25, 0.3) is 11.5 Å². The average Bonchev–Trinajstić information content (AvgIpc) is 3.39. The summed E-state index contributed by atoms with van der Waals surface area (Å²) in [5.41, 5.74) is 5.79. The number of rotatable bonds is 5. The molecule has 1 amide bonds. The molecule has 1 aliphatic carbocycles. The summed E-state index contributed by atoms with van der Waals surface area (Å²) >= 11 is 1.64. The SMILES string of the molecule is Cn1cc(-c2cccc(N3CCc4c(sc5c4CC(C)(C)C5)C3=O)c2CO)cc(Nc2ncccn2)c1=O. The summed E-state index contributed by atoms with van der Waals surface area (Å²) in [4.78, 5) is 38.9. The minimum atomic E-state index is -0.245. The van der Waals surface area contributed by atoms with Crippen LogP contribution in [0.2, 0.25) is 0 Å². The zero-order valence-electron chi connectivity index (χ0n) is 21.6. The fourth-order valence-electron chi connectivity index (χ4n) is 5.69. The summed E-state index contributed by atoms with van der Waals surface area (Å²) in [5.74, 6) is 0.318. The largest absolute Gasteiger partial charge is 0.392 e. The summed E-state index contributed by atoms with van der Waals surface area (Å²) < 4.78 is 1.49. The quantitative estimate of drug-likeness (QED) is 0.397. The molecule has 9 heteroatoms. The van der Waals surface area contributed by atoms with Gasteiger partial charge in [-0.1, -0.05) is 26.0 Å². The maximum absolute atomic E-state index is 13.7. The molecule has 0 unspecified atom stereocenters. The van der Waals surface area contributed by atoms with E-state index < -0.39 is 0 Å². The van der Waals surface area contributed by atoms with E-state index in [0.717, 1.165) is 35.3 Å². The van der Waals surface area contributed by atoms with Gasteiger partial charge < -0.3 is 19.9 Å². The molecule has 0 spiro atoms. The second-order valence-corrected chi connectivity index (χ2v) is 11.9. The van der Waals surface area contributed by atoms with Crippen LogP contribution in [0.25, 0.3) is 11.1 Å². The molecule has 0 bridgehead atoms. The van der Waals surface area contributed by atoms with Gasteiger partial charge in [0.2, 0.25) is 5.95 Å². The van der Waals surface area contributed by atoms with Crippen LogP contribution >= 0.6 is 11.3 Å². The van der Waals surface area contributed by atoms with E-state index in [1.807, 2.05) is 18.2 Å². The molecule has 0 radical (unpaired) electrons. The van der Waals surface area contributed by atoms with Crippen LogP contribution in [-0.2, 0) is 32.9 Å². The first-order chi connectivity index (χ1) is 18.3. The van der Waals surface area contributed by atoms with Crippen molar-refractivity contribution in [2.45, 2.75) is 39.7 Å². The lowest BCUT2D eigenvalue weighted by molar-refractivity contribution is 0.0984. The third-order valence-corrected chi connectivity index (χ3v) is 8.69. The number of fused-ring (bicyclic) bond motifs is 3. The number of hydrogen-bond acceptors (Lipinski definition) is 7. The predicted molar refractivity (Wildman–Crippen MR) is 149 cm³/mol. The third kappa shape index (κ3) is 4.12. The van der Waals surface area contributed by atoms with E-state index in [2.05, 4.69) is 29.1 Å². The van der Waals surface area contributed by atoms with Gasteiger partial charge in [-0.15, -0.1) is 11.3 Å². The summed E-state index contributed by atoms with van der Waals surface area (Å²) in [7, 11) is 1.68. The van der Waals surface area contributed by atoms with Gasteiger partial charge in [-0.3, -0.25) is 9.59 Å². The summed E-state index contributed by atoms with van der Waals surface area (Å²) in [6, 6.07) is 9.12. The molecule has 4 aromatic rings. The smallest absolute Gasteiger partial charge is 0.274 e. The van der Waals surface area contributed by atoms with Gasteiger partial charge in [-0.25, -0.2) is 9.97 Å². The highest BCUT2D eigenvalue weighted by Crippen LogP contribution is 2.46. The number of carbonyl (C=O) groups is 1. The number of aryl methyl sites for hydroxylation is 1. The molecule has 0 atom stereocenters. The second kappa shape index (κ2) is 9.18. The number of aromatic nitrogens is 3. The van der Waals surface area contributed by atoms with E-state index in [4.69, 9.17) is 0 Å². The highest BCUT2D eigenvalue weighted by molar-refractivity contribution is 7.14. The Kier molecular flexibility index (Phi) is 5.92. The Balaban J connectivity index is 1.38. The number of nitrogens with one attached hydrogen (secondary N) is 1. The van der Waals surface area contributed by atoms with E-state index in [0.29, 0.717) is 29.4 Å². The van der Waals surface area contributed by atoms with Crippen molar-refractivity contribution in [1.82, 2.24) is 14.5 Å². The van der Waals surface area contributed by atoms with Crippen LogP contribution in [0, 0.1) is 5.41 Å². The molecule has 1 aromatic carbocycles. The van der Waals surface area contributed by atoms with Crippen LogP contribution in [-0.4, -0.2) is 32.1 Å². The first-order valence-electron chi connectivity index (χ1n) is 12.7. The zero-order chi connectivity index (χ0) is 26.6. The van der Waals surface area contributed by atoms with Crippen LogP contribution in [0.1, 0.15) is 45.1 Å². The van der Waals surface area contributed by atoms with Crippen molar-refractivity contribution >= 4 is 34.6 Å². The van der Waals surface area contributed by atoms with E-state index in [9.17, 15) is 14.7 Å². The van der Waals surface area contributed by atoms with Crippen molar-refractivity contribution in [3.63, 3.8) is 0 Å². The van der Waals surface area contributed by atoms with Crippen molar-refractivity contribution in [2.75, 3.05) is 16.8 Å². The number of nitrogens with zero attached hydrogens (tertiary/aromatic N) is 4. The van der Waals surface area contributed by atoms with E-state index in [-0.39, 0.29) is 23.5 Å². The maximum Gasteiger partial charge on any atom is 0.274 e. The molecule has 1 aliphatic heterocycles. The summed E-state index contributed by atoms with van der Waals surface area (Å²) in [6.07, 6.45) is 7.78. The number of carbonyl (C=O) groups excluding carboxylic acids is 1. The minimum absolute atomic E-state index is 0.000602. The maximum atomic E-state index is 13.7. The third-order valence-electron chi connectivity index (χ3n) is 7.43. The van der Waals surface area contributed by atoms with Crippen LogP contribution in [0.15, 0.2) is 53.7 Å². The average molecular weight is 528 g/mol. The van der Waals surface area contributed by atoms with Crippen molar-refractivity contribution in [3.05, 3.63) is 85.7 Å². The number of pyridine rings is 1. The van der Waals surface area contributed by atoms with Crippen LogP contribution in [0.4, 0.5) is 17.3 Å². The molecule has 8 nitrogen and oxygen atoms in total. The van der Waals surface area contributed by atoms with Gasteiger partial charge in [0.1, 0.15) is 5.69 Å². The fourth-order valence-corrected chi connectivity index (χ4v) is 7.26. The lowest BCUT2D eigenvalue weighted by Gasteiger charge is -2.30. The molecule has 0 fully saturated rings. The number of benzene rings is 1. The first-order valence-corrected chi connectivity index (χ1v) is 13.5. The van der Waals surface area contributed by atoms with Crippen LogP contribution in [0.3, 0.4) is 0 Å². The molecule has 38 heavy (non-hydrogen) atoms.